The molecule has 0 aliphatic carbocycles. The van der Waals surface area contributed by atoms with E-state index in [2.05, 4.69) is 0 Å². The number of rotatable bonds is 3. The smallest absolute Gasteiger partial charge is 0.137 e. The van der Waals surface area contributed by atoms with Crippen LogP contribution >= 0.6 is 0 Å². The molecule has 0 saturated carbocycles. The highest BCUT2D eigenvalue weighted by atomic mass is 32.2. The molecule has 1 aromatic heterocycles. The zero-order valence-corrected chi connectivity index (χ0v) is 13.3. The number of hydrogen-bond donors (Lipinski definition) is 0. The Morgan fingerprint density at radius 2 is 1.95 bits per heavy atom. The number of furan rings is 1. The lowest BCUT2D eigenvalue weighted by molar-refractivity contribution is 0.338. The molecule has 1 aromatic carbocycles. The molecule has 0 aliphatic rings. The maximum absolute atomic E-state index is 13.2. The monoisotopic (exact) mass is 297 g/mol. The predicted molar refractivity (Wildman–Crippen MR) is 80.2 cm³/mol. The third-order valence-electron chi connectivity index (χ3n) is 3.24. The van der Waals surface area contributed by atoms with Gasteiger partial charge in [0.05, 0.1) is 0 Å². The van der Waals surface area contributed by atoms with Gasteiger partial charge in [0, 0.05) is 29.9 Å². The molecule has 0 radical (unpaired) electrons. The lowest BCUT2D eigenvalue weighted by atomic mass is 10.2. The van der Waals surface area contributed by atoms with Gasteiger partial charge in [0.2, 0.25) is 0 Å². The molecule has 3 nitrogen and oxygen atoms in total. The average Bonchev–Trinajstić information content (AvgIpc) is 2.77. The van der Waals surface area contributed by atoms with Crippen LogP contribution in [0.5, 0.6) is 0 Å². The quantitative estimate of drug-likeness (QED) is 0.803. The van der Waals surface area contributed by atoms with Crippen molar-refractivity contribution in [2.75, 3.05) is 7.05 Å². The molecular weight excluding hydrogens is 277 g/mol. The average molecular weight is 297 g/mol. The molecule has 20 heavy (non-hydrogen) atoms. The molecule has 0 fully saturated rings. The zero-order valence-electron chi connectivity index (χ0n) is 12.4. The second kappa shape index (κ2) is 5.39. The van der Waals surface area contributed by atoms with Crippen molar-refractivity contribution < 1.29 is 13.4 Å². The lowest BCUT2D eigenvalue weighted by Crippen LogP contribution is -2.41. The van der Waals surface area contributed by atoms with Gasteiger partial charge in [0.1, 0.15) is 27.9 Å². The van der Waals surface area contributed by atoms with Gasteiger partial charge in [-0.2, -0.15) is 0 Å². The Kier molecular flexibility index (Phi) is 4.14. The van der Waals surface area contributed by atoms with E-state index in [4.69, 9.17) is 4.42 Å². The van der Waals surface area contributed by atoms with Gasteiger partial charge in [0.25, 0.3) is 0 Å². The summed E-state index contributed by atoms with van der Waals surface area (Å²) in [6.07, 6.45) is 0. The van der Waals surface area contributed by atoms with E-state index < -0.39 is 11.4 Å². The van der Waals surface area contributed by atoms with Crippen molar-refractivity contribution in [1.29, 1.82) is 0 Å². The number of halogens is 1. The SMILES string of the molecule is C[C@H](c1cc2ccc(F)cc2o1)N(C)[S@@+]([O-])C(C)(C)C. The minimum Gasteiger partial charge on any atom is -0.597 e. The van der Waals surface area contributed by atoms with Crippen LogP contribution in [0.25, 0.3) is 11.0 Å². The molecule has 2 atom stereocenters. The van der Waals surface area contributed by atoms with Crippen LogP contribution in [-0.4, -0.2) is 20.7 Å². The van der Waals surface area contributed by atoms with Crippen molar-refractivity contribution >= 4 is 22.3 Å². The van der Waals surface area contributed by atoms with Gasteiger partial charge in [0.15, 0.2) is 0 Å². The van der Waals surface area contributed by atoms with Crippen molar-refractivity contribution in [1.82, 2.24) is 4.31 Å². The fourth-order valence-electron chi connectivity index (χ4n) is 1.99. The first-order chi connectivity index (χ1) is 9.20. The minimum atomic E-state index is -1.14. The first kappa shape index (κ1) is 15.4. The fourth-order valence-corrected chi connectivity index (χ4v) is 3.24. The van der Waals surface area contributed by atoms with Crippen LogP contribution in [0.3, 0.4) is 0 Å². The number of hydrogen-bond acceptors (Lipinski definition) is 3. The van der Waals surface area contributed by atoms with E-state index in [1.165, 1.54) is 12.1 Å². The maximum atomic E-state index is 13.2. The highest BCUT2D eigenvalue weighted by Crippen LogP contribution is 2.31. The summed E-state index contributed by atoms with van der Waals surface area (Å²) in [6, 6.07) is 6.18. The summed E-state index contributed by atoms with van der Waals surface area (Å²) in [5.74, 6) is 0.364. The van der Waals surface area contributed by atoms with Crippen LogP contribution < -0.4 is 0 Å². The minimum absolute atomic E-state index is 0.148. The van der Waals surface area contributed by atoms with Crippen LogP contribution in [0.1, 0.15) is 39.5 Å². The summed E-state index contributed by atoms with van der Waals surface area (Å²) in [7, 11) is 1.81. The molecule has 0 N–H and O–H groups in total. The molecule has 5 heteroatoms. The van der Waals surface area contributed by atoms with Crippen molar-refractivity contribution in [2.45, 2.75) is 38.5 Å². The topological polar surface area (TPSA) is 39.4 Å². The summed E-state index contributed by atoms with van der Waals surface area (Å²) in [5, 5.41) is 0.850. The predicted octanol–water partition coefficient (Wildman–Crippen LogP) is 4.03. The Balaban J connectivity index is 2.29. The Morgan fingerprint density at radius 1 is 1.30 bits per heavy atom. The van der Waals surface area contributed by atoms with Gasteiger partial charge < -0.3 is 8.97 Å². The lowest BCUT2D eigenvalue weighted by Gasteiger charge is -2.32. The molecule has 2 rings (SSSR count). The van der Waals surface area contributed by atoms with E-state index in [0.29, 0.717) is 11.3 Å². The van der Waals surface area contributed by atoms with E-state index in [0.717, 1.165) is 5.39 Å². The molecule has 0 spiro atoms. The van der Waals surface area contributed by atoms with Gasteiger partial charge >= 0.3 is 0 Å². The summed E-state index contributed by atoms with van der Waals surface area (Å²) in [6.45, 7) is 7.72. The molecule has 0 amide bonds. The van der Waals surface area contributed by atoms with Gasteiger partial charge in [-0.25, -0.2) is 4.39 Å². The summed E-state index contributed by atoms with van der Waals surface area (Å²) >= 11 is -1.14. The molecule has 2 aromatic rings. The number of benzene rings is 1. The van der Waals surface area contributed by atoms with Crippen LogP contribution in [-0.2, 0) is 11.4 Å². The molecule has 0 saturated heterocycles. The summed E-state index contributed by atoms with van der Waals surface area (Å²) < 4.78 is 32.7. The summed E-state index contributed by atoms with van der Waals surface area (Å²) in [5.41, 5.74) is 0.516. The Hall–Kier alpha value is -1.04. The van der Waals surface area contributed by atoms with Gasteiger partial charge in [-0.15, -0.1) is 4.31 Å². The second-order valence-electron chi connectivity index (χ2n) is 5.91. The highest BCUT2D eigenvalue weighted by molar-refractivity contribution is 7.90. The van der Waals surface area contributed by atoms with Crippen molar-refractivity contribution in [3.8, 4) is 0 Å². The number of nitrogens with zero attached hydrogens (tertiary/aromatic N) is 1. The second-order valence-corrected chi connectivity index (χ2v) is 8.21. The molecule has 110 valence electrons. The van der Waals surface area contributed by atoms with Gasteiger partial charge in [-0.1, -0.05) is 0 Å². The van der Waals surface area contributed by atoms with Crippen LogP contribution in [0, 0.1) is 5.82 Å². The molecule has 0 aliphatic heterocycles. The van der Waals surface area contributed by atoms with Crippen molar-refractivity contribution in [3.63, 3.8) is 0 Å². The fraction of sp³-hybridized carbons (Fsp3) is 0.467. The first-order valence-corrected chi connectivity index (χ1v) is 7.64. The number of fused-ring (bicyclic) bond motifs is 1. The van der Waals surface area contributed by atoms with Crippen LogP contribution in [0.15, 0.2) is 28.7 Å². The normalized spacial score (nSPS) is 15.8. The Bertz CT molecular complexity index is 605. The molecule has 1 heterocycles. The third kappa shape index (κ3) is 3.00. The van der Waals surface area contributed by atoms with E-state index in [-0.39, 0.29) is 16.6 Å². The van der Waals surface area contributed by atoms with Crippen molar-refractivity contribution in [2.24, 2.45) is 0 Å². The summed E-state index contributed by atoms with van der Waals surface area (Å²) in [4.78, 5) is 0. The molecular formula is C15H20FNO2S. The Labute approximate surface area is 122 Å². The van der Waals surface area contributed by atoms with E-state index >= 15 is 0 Å². The van der Waals surface area contributed by atoms with Crippen LogP contribution in [0.2, 0.25) is 0 Å². The van der Waals surface area contributed by atoms with Crippen LogP contribution in [0.4, 0.5) is 4.39 Å². The zero-order chi connectivity index (χ0) is 15.1. The third-order valence-corrected chi connectivity index (χ3v) is 5.13. The van der Waals surface area contributed by atoms with E-state index in [1.807, 2.05) is 33.8 Å². The first-order valence-electron chi connectivity index (χ1n) is 6.54. The standard InChI is InChI=1S/C15H20FNO2S/c1-10(17(5)20(18)15(2,3)4)13-8-11-6-7-12(16)9-14(11)19-13/h6-10H,1-5H3/t10-,20+/m1/s1. The molecule has 0 bridgehead atoms. The van der Waals surface area contributed by atoms with E-state index in [9.17, 15) is 8.94 Å². The van der Waals surface area contributed by atoms with E-state index in [1.54, 1.807) is 17.4 Å². The molecule has 0 unspecified atom stereocenters. The largest absolute Gasteiger partial charge is 0.597 e. The van der Waals surface area contributed by atoms with Gasteiger partial charge in [-0.05, 0) is 45.9 Å². The maximum Gasteiger partial charge on any atom is 0.137 e. The Morgan fingerprint density at radius 3 is 2.55 bits per heavy atom. The van der Waals surface area contributed by atoms with Crippen molar-refractivity contribution in [3.05, 3.63) is 35.8 Å². The van der Waals surface area contributed by atoms with Gasteiger partial charge in [-0.3, -0.25) is 0 Å². The highest BCUT2D eigenvalue weighted by Gasteiger charge is 2.35.